The van der Waals surface area contributed by atoms with E-state index in [4.69, 9.17) is 9.72 Å². The van der Waals surface area contributed by atoms with E-state index in [1.54, 1.807) is 6.07 Å². The Bertz CT molecular complexity index is 1120. The summed E-state index contributed by atoms with van der Waals surface area (Å²) in [5.74, 6) is -0.466. The smallest absolute Gasteiger partial charge is 0.356 e. The first-order valence-corrected chi connectivity index (χ1v) is 7.90. The van der Waals surface area contributed by atoms with Gasteiger partial charge in [0.25, 0.3) is 0 Å². The van der Waals surface area contributed by atoms with Crippen molar-refractivity contribution in [3.05, 3.63) is 59.4 Å². The van der Waals surface area contributed by atoms with Crippen LogP contribution >= 0.6 is 0 Å². The second-order valence-electron chi connectivity index (χ2n) is 5.90. The number of hydrogen-bond acceptors (Lipinski definition) is 5. The topological polar surface area (TPSA) is 69.4 Å². The first-order chi connectivity index (χ1) is 12.1. The zero-order valence-electron chi connectivity index (χ0n) is 14.1. The standard InChI is InChI=1S/C19H16N4O2/c1-11-9-12(2)20-17-16(11)18-21-14(13-7-5-4-6-8-13)10-15(19(24)25-3)23(18)22-17/h4-10H,1-3H3. The molecule has 0 amide bonds. The third-order valence-electron chi connectivity index (χ3n) is 4.14. The molecular formula is C19H16N4O2. The molecule has 0 bridgehead atoms. The number of fused-ring (bicyclic) bond motifs is 3. The molecule has 0 aliphatic rings. The Balaban J connectivity index is 2.13. The maximum absolute atomic E-state index is 12.3. The minimum Gasteiger partial charge on any atom is -0.464 e. The molecule has 0 radical (unpaired) electrons. The van der Waals surface area contributed by atoms with E-state index in [1.165, 1.54) is 11.6 Å². The number of carbonyl (C=O) groups is 1. The SMILES string of the molecule is COC(=O)c1cc(-c2ccccc2)nc2c3c(C)cc(C)nc3nn12. The maximum atomic E-state index is 12.3. The fourth-order valence-corrected chi connectivity index (χ4v) is 3.03. The fraction of sp³-hybridized carbons (Fsp3) is 0.158. The number of carbonyl (C=O) groups excluding carboxylic acids is 1. The van der Waals surface area contributed by atoms with Gasteiger partial charge in [0.1, 0.15) is 0 Å². The quantitative estimate of drug-likeness (QED) is 0.527. The molecule has 0 unspecified atom stereocenters. The van der Waals surface area contributed by atoms with E-state index >= 15 is 0 Å². The third kappa shape index (κ3) is 2.42. The van der Waals surface area contributed by atoms with Gasteiger partial charge in [-0.3, -0.25) is 0 Å². The van der Waals surface area contributed by atoms with Crippen LogP contribution in [-0.2, 0) is 4.74 Å². The normalized spacial score (nSPS) is 11.2. The molecule has 0 N–H and O–H groups in total. The minimum absolute atomic E-state index is 0.321. The lowest BCUT2D eigenvalue weighted by Gasteiger charge is -2.07. The van der Waals surface area contributed by atoms with E-state index in [2.05, 4.69) is 10.1 Å². The van der Waals surface area contributed by atoms with Crippen molar-refractivity contribution in [1.82, 2.24) is 19.6 Å². The molecule has 0 aliphatic heterocycles. The van der Waals surface area contributed by atoms with Crippen LogP contribution in [0.15, 0.2) is 42.5 Å². The zero-order valence-corrected chi connectivity index (χ0v) is 14.1. The van der Waals surface area contributed by atoms with Crippen molar-refractivity contribution in [2.45, 2.75) is 13.8 Å². The Morgan fingerprint density at radius 2 is 1.84 bits per heavy atom. The van der Waals surface area contributed by atoms with Gasteiger partial charge < -0.3 is 4.74 Å². The summed E-state index contributed by atoms with van der Waals surface area (Å²) in [6, 6.07) is 13.4. The third-order valence-corrected chi connectivity index (χ3v) is 4.14. The number of pyridine rings is 1. The lowest BCUT2D eigenvalue weighted by Crippen LogP contribution is -2.10. The second-order valence-corrected chi connectivity index (χ2v) is 5.90. The van der Waals surface area contributed by atoms with E-state index in [-0.39, 0.29) is 0 Å². The van der Waals surface area contributed by atoms with Crippen molar-refractivity contribution >= 4 is 22.6 Å². The Labute approximate surface area is 144 Å². The molecule has 25 heavy (non-hydrogen) atoms. The van der Waals surface area contributed by atoms with Crippen LogP contribution < -0.4 is 0 Å². The van der Waals surface area contributed by atoms with Crippen LogP contribution in [0.5, 0.6) is 0 Å². The molecule has 0 saturated heterocycles. The van der Waals surface area contributed by atoms with Crippen molar-refractivity contribution in [3.63, 3.8) is 0 Å². The van der Waals surface area contributed by atoms with Crippen molar-refractivity contribution in [3.8, 4) is 11.3 Å². The number of nitrogens with zero attached hydrogens (tertiary/aromatic N) is 4. The maximum Gasteiger partial charge on any atom is 0.356 e. The highest BCUT2D eigenvalue weighted by Crippen LogP contribution is 2.26. The van der Waals surface area contributed by atoms with Crippen molar-refractivity contribution < 1.29 is 9.53 Å². The van der Waals surface area contributed by atoms with Gasteiger partial charge in [-0.25, -0.2) is 19.3 Å². The molecule has 3 heterocycles. The van der Waals surface area contributed by atoms with Gasteiger partial charge in [-0.15, -0.1) is 5.10 Å². The van der Waals surface area contributed by atoms with Crippen molar-refractivity contribution in [1.29, 1.82) is 0 Å². The van der Waals surface area contributed by atoms with Gasteiger partial charge in [0.15, 0.2) is 17.0 Å². The highest BCUT2D eigenvalue weighted by Gasteiger charge is 2.20. The van der Waals surface area contributed by atoms with E-state index in [1.807, 2.05) is 50.2 Å². The summed E-state index contributed by atoms with van der Waals surface area (Å²) in [6.07, 6.45) is 0. The summed E-state index contributed by atoms with van der Waals surface area (Å²) in [7, 11) is 1.35. The van der Waals surface area contributed by atoms with Gasteiger partial charge in [-0.2, -0.15) is 0 Å². The molecule has 3 aromatic heterocycles. The Morgan fingerprint density at radius 1 is 1.08 bits per heavy atom. The fourth-order valence-electron chi connectivity index (χ4n) is 3.03. The number of methoxy groups -OCH3 is 1. The minimum atomic E-state index is -0.466. The predicted molar refractivity (Wildman–Crippen MR) is 94.5 cm³/mol. The molecule has 0 atom stereocenters. The number of ether oxygens (including phenoxy) is 1. The number of rotatable bonds is 2. The van der Waals surface area contributed by atoms with Gasteiger partial charge in [0.05, 0.1) is 18.2 Å². The van der Waals surface area contributed by atoms with Crippen LogP contribution in [0.4, 0.5) is 0 Å². The lowest BCUT2D eigenvalue weighted by molar-refractivity contribution is 0.0591. The zero-order chi connectivity index (χ0) is 17.6. The number of aryl methyl sites for hydroxylation is 2. The van der Waals surface area contributed by atoms with Crippen LogP contribution in [0, 0.1) is 13.8 Å². The summed E-state index contributed by atoms with van der Waals surface area (Å²) in [4.78, 5) is 21.5. The predicted octanol–water partition coefficient (Wildman–Crippen LogP) is 3.35. The van der Waals surface area contributed by atoms with E-state index in [0.717, 1.165) is 22.2 Å². The molecular weight excluding hydrogens is 316 g/mol. The van der Waals surface area contributed by atoms with Crippen LogP contribution in [0.2, 0.25) is 0 Å². The first-order valence-electron chi connectivity index (χ1n) is 7.90. The van der Waals surface area contributed by atoms with E-state index < -0.39 is 5.97 Å². The molecule has 4 rings (SSSR count). The molecule has 6 heteroatoms. The van der Waals surface area contributed by atoms with Gasteiger partial charge in [0, 0.05) is 11.3 Å². The average molecular weight is 332 g/mol. The summed E-state index contributed by atoms with van der Waals surface area (Å²) in [5.41, 5.74) is 4.99. The number of benzene rings is 1. The number of hydrogen-bond donors (Lipinski definition) is 0. The van der Waals surface area contributed by atoms with Gasteiger partial charge in [-0.05, 0) is 31.5 Å². The Morgan fingerprint density at radius 3 is 2.56 bits per heavy atom. The molecule has 0 aliphatic carbocycles. The Hall–Kier alpha value is -3.28. The van der Waals surface area contributed by atoms with Crippen molar-refractivity contribution in [2.24, 2.45) is 0 Å². The second kappa shape index (κ2) is 5.66. The molecule has 0 spiro atoms. The Kier molecular flexibility index (Phi) is 3.46. The molecule has 0 saturated carbocycles. The lowest BCUT2D eigenvalue weighted by atomic mass is 10.1. The molecule has 6 nitrogen and oxygen atoms in total. The average Bonchev–Trinajstić information content (AvgIpc) is 2.99. The summed E-state index contributed by atoms with van der Waals surface area (Å²) < 4.78 is 6.45. The summed E-state index contributed by atoms with van der Waals surface area (Å²) >= 11 is 0. The highest BCUT2D eigenvalue weighted by molar-refractivity contribution is 5.97. The van der Waals surface area contributed by atoms with Gasteiger partial charge >= 0.3 is 5.97 Å². The highest BCUT2D eigenvalue weighted by atomic mass is 16.5. The molecule has 4 aromatic rings. The number of aromatic nitrogens is 4. The van der Waals surface area contributed by atoms with Gasteiger partial charge in [0.2, 0.25) is 0 Å². The largest absolute Gasteiger partial charge is 0.464 e. The monoisotopic (exact) mass is 332 g/mol. The molecule has 1 aromatic carbocycles. The summed E-state index contributed by atoms with van der Waals surface area (Å²) in [6.45, 7) is 3.91. The molecule has 0 fully saturated rings. The van der Waals surface area contributed by atoms with Crippen molar-refractivity contribution in [2.75, 3.05) is 7.11 Å². The first kappa shape index (κ1) is 15.3. The molecule has 124 valence electrons. The van der Waals surface area contributed by atoms with Crippen LogP contribution in [0.1, 0.15) is 21.7 Å². The van der Waals surface area contributed by atoms with Crippen LogP contribution in [0.3, 0.4) is 0 Å². The van der Waals surface area contributed by atoms with E-state index in [0.29, 0.717) is 22.7 Å². The number of esters is 1. The van der Waals surface area contributed by atoms with Gasteiger partial charge in [-0.1, -0.05) is 30.3 Å². The van der Waals surface area contributed by atoms with Crippen LogP contribution in [0.25, 0.3) is 27.9 Å². The van der Waals surface area contributed by atoms with Crippen LogP contribution in [-0.4, -0.2) is 32.7 Å². The van der Waals surface area contributed by atoms with E-state index in [9.17, 15) is 4.79 Å². The summed E-state index contributed by atoms with van der Waals surface area (Å²) in [5, 5.41) is 5.32.